The van der Waals surface area contributed by atoms with Crippen molar-refractivity contribution in [2.45, 2.75) is 26.2 Å². The smallest absolute Gasteiger partial charge is 0.257 e. The molecule has 134 valence electrons. The molecule has 1 amide bonds. The normalized spacial score (nSPS) is 11.4. The lowest BCUT2D eigenvalue weighted by Crippen LogP contribution is -2.34. The molecule has 5 nitrogen and oxygen atoms in total. The number of hydrogen-bond acceptors (Lipinski definition) is 5. The Bertz CT molecular complexity index is 977. The predicted molar refractivity (Wildman–Crippen MR) is 111 cm³/mol. The number of nitrogens with zero attached hydrogens (tertiary/aromatic N) is 2. The molecule has 3 aromatic rings. The third-order valence-corrected chi connectivity index (χ3v) is 4.92. The summed E-state index contributed by atoms with van der Waals surface area (Å²) in [5, 5.41) is 6.22. The first-order valence-corrected chi connectivity index (χ1v) is 9.41. The summed E-state index contributed by atoms with van der Waals surface area (Å²) >= 11 is 12.6. The van der Waals surface area contributed by atoms with Gasteiger partial charge in [0.2, 0.25) is 0 Å². The Morgan fingerprint density at radius 3 is 2.46 bits per heavy atom. The van der Waals surface area contributed by atoms with Crippen molar-refractivity contribution < 1.29 is 4.79 Å². The van der Waals surface area contributed by atoms with Crippen molar-refractivity contribution in [3.63, 3.8) is 0 Å². The summed E-state index contributed by atoms with van der Waals surface area (Å²) in [7, 11) is 0. The molecule has 2 N–H and O–H groups in total. The number of amides is 1. The van der Waals surface area contributed by atoms with Gasteiger partial charge in [0, 0.05) is 5.56 Å². The van der Waals surface area contributed by atoms with Crippen LogP contribution < -0.4 is 10.6 Å². The summed E-state index contributed by atoms with van der Waals surface area (Å²) < 4.78 is 8.38. The van der Waals surface area contributed by atoms with Gasteiger partial charge in [-0.05, 0) is 47.5 Å². The average Bonchev–Trinajstić information content (AvgIpc) is 3.05. The first-order chi connectivity index (χ1) is 12.3. The fourth-order valence-electron chi connectivity index (χ4n) is 2.39. The quantitative estimate of drug-likeness (QED) is 0.602. The summed E-state index contributed by atoms with van der Waals surface area (Å²) in [6.45, 7) is 6.37. The summed E-state index contributed by atoms with van der Waals surface area (Å²) in [6.07, 6.45) is 0. The Morgan fingerprint density at radius 1 is 1.12 bits per heavy atom. The number of aromatic nitrogens is 2. The van der Waals surface area contributed by atoms with Gasteiger partial charge in [-0.25, -0.2) is 0 Å². The number of carbonyl (C=O) groups excluding carboxylic acids is 1. The van der Waals surface area contributed by atoms with E-state index in [2.05, 4.69) is 40.2 Å². The van der Waals surface area contributed by atoms with Crippen LogP contribution >= 0.6 is 35.5 Å². The van der Waals surface area contributed by atoms with Crippen LogP contribution in [0.25, 0.3) is 11.0 Å². The van der Waals surface area contributed by atoms with Crippen molar-refractivity contribution in [2.75, 3.05) is 5.32 Å². The maximum atomic E-state index is 12.4. The maximum Gasteiger partial charge on any atom is 0.257 e. The lowest BCUT2D eigenvalue weighted by molar-refractivity contribution is 0.0977. The van der Waals surface area contributed by atoms with Crippen molar-refractivity contribution in [2.24, 2.45) is 0 Å². The van der Waals surface area contributed by atoms with E-state index in [0.29, 0.717) is 27.3 Å². The second-order valence-corrected chi connectivity index (χ2v) is 8.13. The van der Waals surface area contributed by atoms with Crippen molar-refractivity contribution in [3.05, 3.63) is 52.5 Å². The molecule has 0 aliphatic rings. The topological polar surface area (TPSA) is 66.9 Å². The second-order valence-electron chi connectivity index (χ2n) is 6.79. The van der Waals surface area contributed by atoms with Gasteiger partial charge in [0.15, 0.2) is 5.11 Å². The van der Waals surface area contributed by atoms with Crippen molar-refractivity contribution in [1.29, 1.82) is 0 Å². The Hall–Kier alpha value is -2.09. The van der Waals surface area contributed by atoms with Gasteiger partial charge in [-0.2, -0.15) is 8.75 Å². The lowest BCUT2D eigenvalue weighted by atomic mass is 9.87. The van der Waals surface area contributed by atoms with Gasteiger partial charge < -0.3 is 5.32 Å². The van der Waals surface area contributed by atoms with Crippen LogP contribution in [0.4, 0.5) is 5.69 Å². The summed E-state index contributed by atoms with van der Waals surface area (Å²) in [6, 6.07) is 11.0. The molecule has 0 aliphatic carbocycles. The first kappa shape index (κ1) is 18.7. The van der Waals surface area contributed by atoms with Gasteiger partial charge in [-0.1, -0.05) is 44.5 Å². The van der Waals surface area contributed by atoms with Crippen molar-refractivity contribution >= 4 is 63.3 Å². The molecule has 1 aromatic heterocycles. The van der Waals surface area contributed by atoms with E-state index in [9.17, 15) is 4.79 Å². The minimum absolute atomic E-state index is 0.0306. The molecule has 0 aliphatic heterocycles. The SMILES string of the molecule is CC(C)(C)c1ccc(C(=O)NC(=S)Nc2c(Cl)ccc3nsnc23)cc1. The highest BCUT2D eigenvalue weighted by molar-refractivity contribution is 7.80. The van der Waals surface area contributed by atoms with Crippen LogP contribution in [-0.4, -0.2) is 19.8 Å². The molecule has 0 saturated heterocycles. The van der Waals surface area contributed by atoms with Crippen molar-refractivity contribution in [3.8, 4) is 0 Å². The average molecular weight is 405 g/mol. The van der Waals surface area contributed by atoms with E-state index in [1.807, 2.05) is 12.1 Å². The minimum Gasteiger partial charge on any atom is -0.329 e. The zero-order valence-electron chi connectivity index (χ0n) is 14.5. The number of carbonyl (C=O) groups is 1. The van der Waals surface area contributed by atoms with Gasteiger partial charge in [0.05, 0.1) is 22.4 Å². The Morgan fingerprint density at radius 2 is 1.81 bits per heavy atom. The van der Waals surface area contributed by atoms with Crippen LogP contribution in [0.15, 0.2) is 36.4 Å². The molecule has 26 heavy (non-hydrogen) atoms. The Kier molecular flexibility index (Phi) is 5.22. The van der Waals surface area contributed by atoms with Gasteiger partial charge in [-0.3, -0.25) is 10.1 Å². The summed E-state index contributed by atoms with van der Waals surface area (Å²) in [5.74, 6) is -0.289. The highest BCUT2D eigenvalue weighted by atomic mass is 35.5. The van der Waals surface area contributed by atoms with E-state index in [-0.39, 0.29) is 16.4 Å². The molecule has 0 unspecified atom stereocenters. The monoisotopic (exact) mass is 404 g/mol. The number of rotatable bonds is 2. The fourth-order valence-corrected chi connectivity index (χ4v) is 3.32. The largest absolute Gasteiger partial charge is 0.329 e. The Balaban J connectivity index is 1.72. The summed E-state index contributed by atoms with van der Waals surface area (Å²) in [4.78, 5) is 12.4. The zero-order chi connectivity index (χ0) is 18.9. The molecule has 0 fully saturated rings. The second kappa shape index (κ2) is 7.26. The van der Waals surface area contributed by atoms with Crippen LogP contribution in [0.3, 0.4) is 0 Å². The molecule has 0 saturated carbocycles. The van der Waals surface area contributed by atoms with E-state index in [1.54, 1.807) is 24.3 Å². The fraction of sp³-hybridized carbons (Fsp3) is 0.222. The standard InChI is InChI=1S/C18H17ClN4OS2/c1-18(2,3)11-6-4-10(5-7-11)16(24)21-17(25)20-14-12(19)8-9-13-15(14)23-26-22-13/h4-9H,1-3H3,(H2,20,21,24,25). The van der Waals surface area contributed by atoms with Crippen LogP contribution in [0.5, 0.6) is 0 Å². The Labute approximate surface area is 166 Å². The van der Waals surface area contributed by atoms with E-state index >= 15 is 0 Å². The van der Waals surface area contributed by atoms with E-state index < -0.39 is 0 Å². The number of benzene rings is 2. The van der Waals surface area contributed by atoms with E-state index in [0.717, 1.165) is 17.3 Å². The van der Waals surface area contributed by atoms with Gasteiger partial charge in [0.1, 0.15) is 11.0 Å². The van der Waals surface area contributed by atoms with Gasteiger partial charge in [-0.15, -0.1) is 0 Å². The highest BCUT2D eigenvalue weighted by Gasteiger charge is 2.16. The molecule has 0 spiro atoms. The molecular formula is C18H17ClN4OS2. The molecule has 0 radical (unpaired) electrons. The number of hydrogen-bond donors (Lipinski definition) is 2. The number of halogens is 1. The van der Waals surface area contributed by atoms with Crippen LogP contribution in [-0.2, 0) is 5.41 Å². The maximum absolute atomic E-state index is 12.4. The summed E-state index contributed by atoms with van der Waals surface area (Å²) in [5.41, 5.74) is 3.59. The zero-order valence-corrected chi connectivity index (χ0v) is 16.9. The van der Waals surface area contributed by atoms with E-state index in [1.165, 1.54) is 0 Å². The van der Waals surface area contributed by atoms with Gasteiger partial charge >= 0.3 is 0 Å². The van der Waals surface area contributed by atoms with Crippen LogP contribution in [0.1, 0.15) is 36.7 Å². The molecule has 3 rings (SSSR count). The predicted octanol–water partition coefficient (Wildman–Crippen LogP) is 4.77. The van der Waals surface area contributed by atoms with Gasteiger partial charge in [0.25, 0.3) is 5.91 Å². The first-order valence-electron chi connectivity index (χ1n) is 7.89. The molecular weight excluding hydrogens is 388 g/mol. The van der Waals surface area contributed by atoms with Crippen molar-refractivity contribution in [1.82, 2.24) is 14.1 Å². The third kappa shape index (κ3) is 4.00. The number of nitrogens with one attached hydrogen (secondary N) is 2. The van der Waals surface area contributed by atoms with E-state index in [4.69, 9.17) is 23.8 Å². The van der Waals surface area contributed by atoms with Crippen LogP contribution in [0.2, 0.25) is 5.02 Å². The number of fused-ring (bicyclic) bond motifs is 1. The lowest BCUT2D eigenvalue weighted by Gasteiger charge is -2.19. The minimum atomic E-state index is -0.289. The molecule has 0 atom stereocenters. The molecule has 1 heterocycles. The number of anilines is 1. The number of thiocarbonyl (C=S) groups is 1. The molecule has 0 bridgehead atoms. The molecule has 8 heteroatoms. The highest BCUT2D eigenvalue weighted by Crippen LogP contribution is 2.29. The third-order valence-electron chi connectivity index (χ3n) is 3.86. The van der Waals surface area contributed by atoms with Crippen LogP contribution in [0, 0.1) is 0 Å². The molecule has 2 aromatic carbocycles.